The maximum Gasteiger partial charge on any atom is 0.144 e. The Hall–Kier alpha value is -0.480. The van der Waals surface area contributed by atoms with Crippen LogP contribution in [0.3, 0.4) is 0 Å². The Labute approximate surface area is 122 Å². The van der Waals surface area contributed by atoms with Crippen LogP contribution in [0, 0.1) is 11.6 Å². The normalized spacial score (nSPS) is 21.4. The van der Waals surface area contributed by atoms with Gasteiger partial charge in [0.2, 0.25) is 0 Å². The highest BCUT2D eigenvalue weighted by molar-refractivity contribution is 9.10. The maximum atomic E-state index is 14.0. The molecule has 2 rings (SSSR count). The SMILES string of the molecule is CCC1CCCCCN1Cc1c(F)ccc(Br)c1F. The van der Waals surface area contributed by atoms with Gasteiger partial charge in [0, 0.05) is 18.2 Å². The van der Waals surface area contributed by atoms with E-state index in [0.29, 0.717) is 17.1 Å². The van der Waals surface area contributed by atoms with E-state index in [1.54, 1.807) is 0 Å². The second-order valence-electron chi connectivity index (χ2n) is 5.20. The highest BCUT2D eigenvalue weighted by Crippen LogP contribution is 2.26. The summed E-state index contributed by atoms with van der Waals surface area (Å²) in [5, 5.41) is 0. The second kappa shape index (κ2) is 6.80. The van der Waals surface area contributed by atoms with Crippen molar-refractivity contribution >= 4 is 15.9 Å². The van der Waals surface area contributed by atoms with Crippen molar-refractivity contribution in [3.8, 4) is 0 Å². The molecule has 0 N–H and O–H groups in total. The Morgan fingerprint density at radius 1 is 1.26 bits per heavy atom. The van der Waals surface area contributed by atoms with E-state index in [-0.39, 0.29) is 5.56 Å². The van der Waals surface area contributed by atoms with Gasteiger partial charge in [-0.25, -0.2) is 8.78 Å². The molecule has 106 valence electrons. The van der Waals surface area contributed by atoms with Gasteiger partial charge in [0.1, 0.15) is 11.6 Å². The minimum absolute atomic E-state index is 0.190. The molecule has 1 saturated heterocycles. The van der Waals surface area contributed by atoms with Gasteiger partial charge in [-0.2, -0.15) is 0 Å². The van der Waals surface area contributed by atoms with Crippen LogP contribution < -0.4 is 0 Å². The third kappa shape index (κ3) is 3.54. The summed E-state index contributed by atoms with van der Waals surface area (Å²) in [4.78, 5) is 2.24. The van der Waals surface area contributed by atoms with Crippen LogP contribution in [0.1, 0.15) is 44.6 Å². The van der Waals surface area contributed by atoms with Crippen LogP contribution in [0.25, 0.3) is 0 Å². The summed E-state index contributed by atoms with van der Waals surface area (Å²) in [7, 11) is 0. The molecule has 4 heteroatoms. The molecule has 1 aliphatic rings. The first-order chi connectivity index (χ1) is 9.13. The minimum atomic E-state index is -0.459. The van der Waals surface area contributed by atoms with E-state index in [0.717, 1.165) is 25.8 Å². The molecule has 1 nitrogen and oxygen atoms in total. The molecule has 0 saturated carbocycles. The van der Waals surface area contributed by atoms with Gasteiger partial charge in [-0.05, 0) is 53.9 Å². The predicted octanol–water partition coefficient (Wildman–Crippen LogP) is 4.88. The molecule has 0 aromatic heterocycles. The molecule has 1 heterocycles. The van der Waals surface area contributed by atoms with E-state index in [2.05, 4.69) is 27.8 Å². The van der Waals surface area contributed by atoms with Crippen LogP contribution in [-0.4, -0.2) is 17.5 Å². The Morgan fingerprint density at radius 3 is 2.79 bits per heavy atom. The van der Waals surface area contributed by atoms with Crippen molar-refractivity contribution in [1.29, 1.82) is 0 Å². The highest BCUT2D eigenvalue weighted by Gasteiger charge is 2.22. The zero-order chi connectivity index (χ0) is 13.8. The first kappa shape index (κ1) is 14.9. The number of hydrogen-bond donors (Lipinski definition) is 0. The third-order valence-corrected chi connectivity index (χ3v) is 4.58. The molecule has 0 bridgehead atoms. The summed E-state index contributed by atoms with van der Waals surface area (Å²) < 4.78 is 28.2. The predicted molar refractivity (Wildman–Crippen MR) is 77.0 cm³/mol. The van der Waals surface area contributed by atoms with Gasteiger partial charge in [-0.15, -0.1) is 0 Å². The second-order valence-corrected chi connectivity index (χ2v) is 6.06. The lowest BCUT2D eigenvalue weighted by atomic mass is 10.1. The number of nitrogens with zero attached hydrogens (tertiary/aromatic N) is 1. The van der Waals surface area contributed by atoms with E-state index < -0.39 is 11.6 Å². The fourth-order valence-electron chi connectivity index (χ4n) is 2.82. The van der Waals surface area contributed by atoms with Gasteiger partial charge in [-0.3, -0.25) is 4.90 Å². The smallest absolute Gasteiger partial charge is 0.144 e. The summed E-state index contributed by atoms with van der Waals surface area (Å²) in [5.74, 6) is -0.904. The monoisotopic (exact) mass is 331 g/mol. The van der Waals surface area contributed by atoms with Crippen LogP contribution in [-0.2, 0) is 6.54 Å². The van der Waals surface area contributed by atoms with Crippen LogP contribution in [0.2, 0.25) is 0 Å². The summed E-state index contributed by atoms with van der Waals surface area (Å²) in [6.45, 7) is 3.45. The summed E-state index contributed by atoms with van der Waals surface area (Å²) in [6.07, 6.45) is 5.73. The molecule has 1 aromatic rings. The lowest BCUT2D eigenvalue weighted by Gasteiger charge is -2.29. The highest BCUT2D eigenvalue weighted by atomic mass is 79.9. The number of likely N-dealkylation sites (tertiary alicyclic amines) is 1. The van der Waals surface area contributed by atoms with Crippen molar-refractivity contribution in [3.63, 3.8) is 0 Å². The number of rotatable bonds is 3. The zero-order valence-corrected chi connectivity index (χ0v) is 12.8. The standard InChI is InChI=1S/C15H20BrF2N/c1-2-11-6-4-3-5-9-19(11)10-12-14(17)8-7-13(16)15(12)18/h7-8,11H,2-6,9-10H2,1H3. The minimum Gasteiger partial charge on any atom is -0.296 e. The summed E-state index contributed by atoms with van der Waals surface area (Å²) in [6, 6.07) is 3.20. The molecule has 1 fully saturated rings. The van der Waals surface area contributed by atoms with Gasteiger partial charge in [0.15, 0.2) is 0 Å². The Bertz CT molecular complexity index is 436. The van der Waals surface area contributed by atoms with Crippen molar-refractivity contribution < 1.29 is 8.78 Å². The van der Waals surface area contributed by atoms with Crippen molar-refractivity contribution in [2.75, 3.05) is 6.54 Å². The average Bonchev–Trinajstić information content (AvgIpc) is 2.64. The van der Waals surface area contributed by atoms with Crippen LogP contribution >= 0.6 is 15.9 Å². The maximum absolute atomic E-state index is 14.0. The largest absolute Gasteiger partial charge is 0.296 e. The first-order valence-electron chi connectivity index (χ1n) is 7.00. The quantitative estimate of drug-likeness (QED) is 0.713. The Balaban J connectivity index is 2.21. The molecule has 1 unspecified atom stereocenters. The molecule has 1 aromatic carbocycles. The summed E-state index contributed by atoms with van der Waals surface area (Å²) in [5.41, 5.74) is 0.190. The molecular formula is C15H20BrF2N. The van der Waals surface area contributed by atoms with E-state index in [4.69, 9.17) is 0 Å². The first-order valence-corrected chi connectivity index (χ1v) is 7.79. The molecule has 0 aliphatic carbocycles. The molecular weight excluding hydrogens is 312 g/mol. The summed E-state index contributed by atoms with van der Waals surface area (Å²) >= 11 is 3.13. The molecule has 1 atom stereocenters. The van der Waals surface area contributed by atoms with Crippen molar-refractivity contribution in [2.45, 2.75) is 51.6 Å². The number of hydrogen-bond acceptors (Lipinski definition) is 1. The lowest BCUT2D eigenvalue weighted by Crippen LogP contribution is -2.34. The van der Waals surface area contributed by atoms with Crippen LogP contribution in [0.4, 0.5) is 8.78 Å². The molecule has 0 radical (unpaired) electrons. The molecule has 1 aliphatic heterocycles. The molecule has 0 amide bonds. The fraction of sp³-hybridized carbons (Fsp3) is 0.600. The van der Waals surface area contributed by atoms with Gasteiger partial charge in [0.05, 0.1) is 4.47 Å². The van der Waals surface area contributed by atoms with Gasteiger partial charge in [-0.1, -0.05) is 19.8 Å². The van der Waals surface area contributed by atoms with Crippen molar-refractivity contribution in [3.05, 3.63) is 33.8 Å². The number of halogens is 3. The molecule has 19 heavy (non-hydrogen) atoms. The van der Waals surface area contributed by atoms with Gasteiger partial charge in [0.25, 0.3) is 0 Å². The van der Waals surface area contributed by atoms with Crippen molar-refractivity contribution in [2.24, 2.45) is 0 Å². The van der Waals surface area contributed by atoms with Crippen LogP contribution in [0.5, 0.6) is 0 Å². The molecule has 0 spiro atoms. The van der Waals surface area contributed by atoms with Gasteiger partial charge < -0.3 is 0 Å². The van der Waals surface area contributed by atoms with E-state index in [1.165, 1.54) is 25.0 Å². The Kier molecular flexibility index (Phi) is 5.34. The topological polar surface area (TPSA) is 3.24 Å². The third-order valence-electron chi connectivity index (χ3n) is 3.97. The van der Waals surface area contributed by atoms with Crippen molar-refractivity contribution in [1.82, 2.24) is 4.90 Å². The Morgan fingerprint density at radius 2 is 2.05 bits per heavy atom. The van der Waals surface area contributed by atoms with Crippen LogP contribution in [0.15, 0.2) is 16.6 Å². The number of benzene rings is 1. The van der Waals surface area contributed by atoms with E-state index >= 15 is 0 Å². The lowest BCUT2D eigenvalue weighted by molar-refractivity contribution is 0.181. The van der Waals surface area contributed by atoms with E-state index in [1.807, 2.05) is 0 Å². The average molecular weight is 332 g/mol. The van der Waals surface area contributed by atoms with E-state index in [9.17, 15) is 8.78 Å². The fourth-order valence-corrected chi connectivity index (χ4v) is 3.20. The zero-order valence-electron chi connectivity index (χ0n) is 11.3. The van der Waals surface area contributed by atoms with Gasteiger partial charge >= 0.3 is 0 Å².